The minimum Gasteiger partial charge on any atom is -0.476 e. The van der Waals surface area contributed by atoms with Crippen molar-refractivity contribution in [2.24, 2.45) is 0 Å². The molecule has 5 rings (SSSR count). The molecule has 0 aliphatic heterocycles. The molecule has 0 fully saturated rings. The van der Waals surface area contributed by atoms with Crippen molar-refractivity contribution in [2.45, 2.75) is 25.2 Å². The molecule has 0 spiro atoms. The Balaban J connectivity index is 1.54. The van der Waals surface area contributed by atoms with Crippen molar-refractivity contribution in [1.29, 1.82) is 0 Å². The molecule has 230 valence electrons. The summed E-state index contributed by atoms with van der Waals surface area (Å²) in [5.74, 6) is -3.01. The largest absolute Gasteiger partial charge is 0.476 e. The number of ether oxygens (including phenoxy) is 1. The number of aryl methyl sites for hydroxylation is 1. The highest BCUT2D eigenvalue weighted by atomic mass is 32.2. The van der Waals surface area contributed by atoms with E-state index in [9.17, 15) is 27.5 Å². The number of carboxylic acid groups (broad SMARTS) is 1. The first-order valence-corrected chi connectivity index (χ1v) is 15.2. The second-order valence-electron chi connectivity index (χ2n) is 10.00. The molecular weight excluding hydrogens is 601 g/mol. The quantitative estimate of drug-likeness (QED) is 0.178. The molecule has 0 aliphatic carbocycles. The van der Waals surface area contributed by atoms with E-state index in [4.69, 9.17) is 4.74 Å². The van der Waals surface area contributed by atoms with Crippen LogP contribution in [-0.2, 0) is 16.4 Å². The van der Waals surface area contributed by atoms with Gasteiger partial charge in [0.05, 0.1) is 11.3 Å². The standard InChI is InChI=1S/C32H28FN5O6S/c1-20-10-13-24(14-11-20)38-31(21(2)29(37-38)32(40)41)44-27-15-12-23(36-30(39)25-8-3-4-9-26(25)33)19-28(27)45(42,43)35-18-16-22-7-5-6-17-34-22/h3-15,17,19,35H,16,18H2,1-2H3,(H,36,39)(H,40,41). The Morgan fingerprint density at radius 2 is 1.71 bits per heavy atom. The summed E-state index contributed by atoms with van der Waals surface area (Å²) in [5.41, 5.74) is 1.81. The van der Waals surface area contributed by atoms with Gasteiger partial charge in [-0.25, -0.2) is 22.3 Å². The number of halogens is 1. The average molecular weight is 630 g/mol. The van der Waals surface area contributed by atoms with Crippen LogP contribution in [0.25, 0.3) is 5.69 Å². The van der Waals surface area contributed by atoms with Crippen molar-refractivity contribution in [1.82, 2.24) is 19.5 Å². The molecule has 13 heteroatoms. The summed E-state index contributed by atoms with van der Waals surface area (Å²) in [6.07, 6.45) is 1.89. The number of nitrogens with zero attached hydrogens (tertiary/aromatic N) is 3. The molecule has 0 saturated heterocycles. The number of pyridine rings is 1. The van der Waals surface area contributed by atoms with Crippen LogP contribution in [0.5, 0.6) is 11.6 Å². The molecule has 1 amide bonds. The Morgan fingerprint density at radius 3 is 2.40 bits per heavy atom. The molecule has 5 aromatic rings. The summed E-state index contributed by atoms with van der Waals surface area (Å²) >= 11 is 0. The fourth-order valence-corrected chi connectivity index (χ4v) is 5.61. The highest BCUT2D eigenvalue weighted by Crippen LogP contribution is 2.35. The van der Waals surface area contributed by atoms with E-state index in [-0.39, 0.29) is 45.6 Å². The number of amides is 1. The van der Waals surface area contributed by atoms with E-state index < -0.39 is 27.7 Å². The average Bonchev–Trinajstić information content (AvgIpc) is 3.34. The van der Waals surface area contributed by atoms with Gasteiger partial charge in [-0.1, -0.05) is 35.9 Å². The monoisotopic (exact) mass is 629 g/mol. The van der Waals surface area contributed by atoms with E-state index in [2.05, 4.69) is 20.1 Å². The lowest BCUT2D eigenvalue weighted by atomic mass is 10.2. The lowest BCUT2D eigenvalue weighted by molar-refractivity contribution is 0.0689. The van der Waals surface area contributed by atoms with Crippen LogP contribution < -0.4 is 14.8 Å². The summed E-state index contributed by atoms with van der Waals surface area (Å²) in [4.78, 5) is 28.6. The predicted octanol–water partition coefficient (Wildman–Crippen LogP) is 5.29. The van der Waals surface area contributed by atoms with Crippen LogP contribution in [0.1, 0.15) is 37.7 Å². The van der Waals surface area contributed by atoms with Crippen molar-refractivity contribution in [3.8, 4) is 17.3 Å². The van der Waals surface area contributed by atoms with E-state index in [0.29, 0.717) is 17.8 Å². The smallest absolute Gasteiger partial charge is 0.356 e. The zero-order valence-corrected chi connectivity index (χ0v) is 25.0. The number of nitrogens with one attached hydrogen (secondary N) is 2. The second kappa shape index (κ2) is 13.1. The molecule has 0 saturated carbocycles. The molecule has 0 unspecified atom stereocenters. The number of anilines is 1. The van der Waals surface area contributed by atoms with Gasteiger partial charge in [-0.3, -0.25) is 9.78 Å². The topological polar surface area (TPSA) is 153 Å². The highest BCUT2D eigenvalue weighted by molar-refractivity contribution is 7.89. The molecule has 0 bridgehead atoms. The van der Waals surface area contributed by atoms with Gasteiger partial charge in [0.1, 0.15) is 16.5 Å². The third-order valence-electron chi connectivity index (χ3n) is 6.77. The number of aromatic carboxylic acids is 1. The molecule has 45 heavy (non-hydrogen) atoms. The van der Waals surface area contributed by atoms with Gasteiger partial charge < -0.3 is 15.2 Å². The molecule has 0 atom stereocenters. The van der Waals surface area contributed by atoms with Crippen LogP contribution in [0, 0.1) is 19.7 Å². The molecular formula is C32H28FN5O6S. The maximum absolute atomic E-state index is 14.3. The first kappa shape index (κ1) is 31.0. The number of carbonyl (C=O) groups excluding carboxylic acids is 1. The molecule has 3 N–H and O–H groups in total. The summed E-state index contributed by atoms with van der Waals surface area (Å²) in [6, 6.07) is 21.6. The first-order valence-electron chi connectivity index (χ1n) is 13.7. The lowest BCUT2D eigenvalue weighted by Crippen LogP contribution is -2.27. The Bertz CT molecular complexity index is 1980. The lowest BCUT2D eigenvalue weighted by Gasteiger charge is -2.16. The maximum Gasteiger partial charge on any atom is 0.356 e. The van der Waals surface area contributed by atoms with Crippen LogP contribution in [-0.4, -0.2) is 46.7 Å². The van der Waals surface area contributed by atoms with Crippen LogP contribution in [0.3, 0.4) is 0 Å². The molecule has 2 heterocycles. The Hall–Kier alpha value is -5.40. The number of benzene rings is 3. The van der Waals surface area contributed by atoms with Gasteiger partial charge in [0.2, 0.25) is 15.9 Å². The van der Waals surface area contributed by atoms with Crippen LogP contribution in [0.15, 0.2) is 96.0 Å². The fourth-order valence-electron chi connectivity index (χ4n) is 4.43. The summed E-state index contributed by atoms with van der Waals surface area (Å²) in [7, 11) is -4.29. The van der Waals surface area contributed by atoms with Crippen molar-refractivity contribution in [3.05, 3.63) is 125 Å². The van der Waals surface area contributed by atoms with Gasteiger partial charge in [0.25, 0.3) is 5.91 Å². The SMILES string of the molecule is Cc1ccc(-n2nc(C(=O)O)c(C)c2Oc2ccc(NC(=O)c3ccccc3F)cc2S(=O)(=O)NCCc2ccccn2)cc1. The van der Waals surface area contributed by atoms with E-state index in [1.807, 2.05) is 19.1 Å². The summed E-state index contributed by atoms with van der Waals surface area (Å²) in [6.45, 7) is 3.38. The Kier molecular flexibility index (Phi) is 9.02. The van der Waals surface area contributed by atoms with Gasteiger partial charge in [-0.15, -0.1) is 0 Å². The van der Waals surface area contributed by atoms with Crippen molar-refractivity contribution < 1.29 is 32.2 Å². The number of aromatic nitrogens is 3. The minimum atomic E-state index is -4.29. The highest BCUT2D eigenvalue weighted by Gasteiger charge is 2.27. The zero-order valence-electron chi connectivity index (χ0n) is 24.2. The van der Waals surface area contributed by atoms with E-state index in [1.54, 1.807) is 36.5 Å². The number of rotatable bonds is 11. The van der Waals surface area contributed by atoms with Crippen molar-refractivity contribution in [2.75, 3.05) is 11.9 Å². The van der Waals surface area contributed by atoms with Gasteiger partial charge in [-0.05, 0) is 68.4 Å². The molecule has 0 aliphatic rings. The van der Waals surface area contributed by atoms with E-state index in [0.717, 1.165) is 11.6 Å². The van der Waals surface area contributed by atoms with E-state index >= 15 is 0 Å². The number of carboxylic acids is 1. The number of sulfonamides is 1. The van der Waals surface area contributed by atoms with Crippen LogP contribution in [0.2, 0.25) is 0 Å². The normalized spacial score (nSPS) is 11.3. The van der Waals surface area contributed by atoms with Crippen LogP contribution in [0.4, 0.5) is 10.1 Å². The maximum atomic E-state index is 14.3. The molecule has 3 aromatic carbocycles. The number of hydrogen-bond donors (Lipinski definition) is 3. The van der Waals surface area contributed by atoms with Gasteiger partial charge in [0.15, 0.2) is 5.69 Å². The van der Waals surface area contributed by atoms with Gasteiger partial charge in [0, 0.05) is 36.1 Å². The molecule has 11 nitrogen and oxygen atoms in total. The second-order valence-corrected chi connectivity index (χ2v) is 11.7. The number of carbonyl (C=O) groups is 2. The van der Waals surface area contributed by atoms with Gasteiger partial charge >= 0.3 is 5.97 Å². The predicted molar refractivity (Wildman–Crippen MR) is 164 cm³/mol. The third kappa shape index (κ3) is 7.06. The number of hydrogen-bond acceptors (Lipinski definition) is 7. The zero-order chi connectivity index (χ0) is 32.1. The fraction of sp³-hybridized carbons (Fsp3) is 0.125. The molecule has 2 aromatic heterocycles. The van der Waals surface area contributed by atoms with Gasteiger partial charge in [-0.2, -0.15) is 9.78 Å². The minimum absolute atomic E-state index is 0.00586. The first-order chi connectivity index (χ1) is 21.5. The van der Waals surface area contributed by atoms with Crippen LogP contribution >= 0.6 is 0 Å². The Morgan fingerprint density at radius 1 is 0.978 bits per heavy atom. The van der Waals surface area contributed by atoms with E-state index in [1.165, 1.54) is 48.0 Å². The van der Waals surface area contributed by atoms with Crippen molar-refractivity contribution in [3.63, 3.8) is 0 Å². The Labute approximate surface area is 258 Å². The van der Waals surface area contributed by atoms with Crippen molar-refractivity contribution >= 4 is 27.6 Å². The summed E-state index contributed by atoms with van der Waals surface area (Å²) < 4.78 is 51.6. The molecule has 0 radical (unpaired) electrons. The third-order valence-corrected chi connectivity index (χ3v) is 8.25. The summed E-state index contributed by atoms with van der Waals surface area (Å²) in [5, 5.41) is 16.5.